The van der Waals surface area contributed by atoms with Gasteiger partial charge in [0.1, 0.15) is 18.1 Å². The molecule has 0 amide bonds. The van der Waals surface area contributed by atoms with Gasteiger partial charge in [-0.15, -0.1) is 0 Å². The molecular weight excluding hydrogens is 511 g/mol. The van der Waals surface area contributed by atoms with E-state index < -0.39 is 11.6 Å². The number of aryl methyl sites for hydroxylation is 2. The van der Waals surface area contributed by atoms with Crippen molar-refractivity contribution in [1.82, 2.24) is 0 Å². The van der Waals surface area contributed by atoms with E-state index in [9.17, 15) is 15.0 Å². The van der Waals surface area contributed by atoms with Gasteiger partial charge < -0.3 is 24.5 Å². The third kappa shape index (κ3) is 6.60. The van der Waals surface area contributed by atoms with Crippen LogP contribution in [0.25, 0.3) is 11.1 Å². The molecule has 0 heterocycles. The maximum Gasteiger partial charge on any atom is 1.00 e. The molecule has 40 heavy (non-hydrogen) atoms. The van der Waals surface area contributed by atoms with Crippen LogP contribution in [-0.2, 0) is 17.8 Å². The van der Waals surface area contributed by atoms with Crippen molar-refractivity contribution >= 4 is 5.97 Å². The number of carboxylic acid groups (broad SMARTS) is 1. The Morgan fingerprint density at radius 2 is 1.73 bits per heavy atom. The SMILES string of the molecule is Cc1cc(OCCC(C)(C)O)cc(C)c1-c1cccc(COc2ccc3c(c2)CC2(CC2)C3CC(=O)[O-])c1C.[Na+]. The number of aliphatic carboxylic acids is 1. The Bertz CT molecular complexity index is 1380. The molecule has 2 aliphatic carbocycles. The van der Waals surface area contributed by atoms with Crippen molar-refractivity contribution < 1.29 is 54.0 Å². The molecule has 0 bridgehead atoms. The zero-order valence-corrected chi connectivity index (χ0v) is 26.7. The first-order valence-electron chi connectivity index (χ1n) is 14.0. The van der Waals surface area contributed by atoms with Crippen LogP contribution in [0.4, 0.5) is 0 Å². The van der Waals surface area contributed by atoms with Crippen LogP contribution in [0.1, 0.15) is 78.8 Å². The monoisotopic (exact) mass is 550 g/mol. The molecule has 3 aromatic rings. The van der Waals surface area contributed by atoms with E-state index in [1.54, 1.807) is 13.8 Å². The molecule has 1 spiro atoms. The van der Waals surface area contributed by atoms with Crippen LogP contribution < -0.4 is 44.1 Å². The fourth-order valence-electron chi connectivity index (χ4n) is 6.30. The quantitative estimate of drug-likeness (QED) is 0.393. The van der Waals surface area contributed by atoms with Crippen LogP contribution in [0.2, 0.25) is 0 Å². The van der Waals surface area contributed by atoms with Gasteiger partial charge in [0.25, 0.3) is 0 Å². The van der Waals surface area contributed by atoms with Gasteiger partial charge in [-0.25, -0.2) is 0 Å². The van der Waals surface area contributed by atoms with E-state index in [-0.39, 0.29) is 47.3 Å². The Labute approximate surface area is 260 Å². The standard InChI is InChI=1S/C34H40O5.Na/c1-21-15-27(38-14-13-33(4,5)37)16-22(2)32(21)28-8-6-7-24(23(28)3)20-39-26-9-10-29-25(17-26)19-34(11-12-34)30(29)18-31(35)36;/h6-10,15-17,30,37H,11-14,18-20H2,1-5H3,(H,35,36);/q;+1/p-1. The fourth-order valence-corrected chi connectivity index (χ4v) is 6.30. The van der Waals surface area contributed by atoms with E-state index in [0.717, 1.165) is 53.0 Å². The second-order valence-corrected chi connectivity index (χ2v) is 12.2. The predicted molar refractivity (Wildman–Crippen MR) is 151 cm³/mol. The number of benzene rings is 3. The van der Waals surface area contributed by atoms with E-state index in [1.807, 2.05) is 6.07 Å². The van der Waals surface area contributed by atoms with Crippen molar-refractivity contribution in [3.63, 3.8) is 0 Å². The smallest absolute Gasteiger partial charge is 0.550 e. The molecule has 3 aromatic carbocycles. The van der Waals surface area contributed by atoms with Crippen molar-refractivity contribution in [1.29, 1.82) is 0 Å². The van der Waals surface area contributed by atoms with E-state index in [1.165, 1.54) is 22.3 Å². The first-order chi connectivity index (χ1) is 18.5. The van der Waals surface area contributed by atoms with Gasteiger partial charge in [0.05, 0.1) is 12.2 Å². The summed E-state index contributed by atoms with van der Waals surface area (Å²) in [6.07, 6.45) is 3.79. The predicted octanol–water partition coefficient (Wildman–Crippen LogP) is 2.96. The number of rotatable bonds is 10. The summed E-state index contributed by atoms with van der Waals surface area (Å²) in [6, 6.07) is 16.6. The molecule has 0 saturated heterocycles. The van der Waals surface area contributed by atoms with Crippen LogP contribution in [0, 0.1) is 26.2 Å². The topological polar surface area (TPSA) is 78.8 Å². The first-order valence-corrected chi connectivity index (χ1v) is 14.0. The number of hydrogen-bond acceptors (Lipinski definition) is 5. The van der Waals surface area contributed by atoms with Crippen molar-refractivity contribution in [3.05, 3.63) is 81.9 Å². The number of hydrogen-bond donors (Lipinski definition) is 1. The van der Waals surface area contributed by atoms with Gasteiger partial charge in [0.2, 0.25) is 0 Å². The zero-order valence-electron chi connectivity index (χ0n) is 24.7. The number of carbonyl (C=O) groups excluding carboxylic acids is 1. The molecule has 206 valence electrons. The number of carbonyl (C=O) groups is 1. The van der Waals surface area contributed by atoms with E-state index in [0.29, 0.717) is 19.6 Å². The van der Waals surface area contributed by atoms with Gasteiger partial charge in [0.15, 0.2) is 0 Å². The van der Waals surface area contributed by atoms with Gasteiger partial charge in [-0.2, -0.15) is 0 Å². The van der Waals surface area contributed by atoms with Crippen LogP contribution in [-0.4, -0.2) is 23.3 Å². The summed E-state index contributed by atoms with van der Waals surface area (Å²) in [4.78, 5) is 11.4. The molecule has 0 radical (unpaired) electrons. The maximum absolute atomic E-state index is 11.4. The zero-order chi connectivity index (χ0) is 27.9. The summed E-state index contributed by atoms with van der Waals surface area (Å²) in [7, 11) is 0. The molecule has 5 rings (SSSR count). The van der Waals surface area contributed by atoms with Gasteiger partial charge in [0, 0.05) is 12.4 Å². The molecule has 1 saturated carbocycles. The summed E-state index contributed by atoms with van der Waals surface area (Å²) < 4.78 is 12.2. The maximum atomic E-state index is 11.4. The van der Waals surface area contributed by atoms with Crippen LogP contribution >= 0.6 is 0 Å². The van der Waals surface area contributed by atoms with Gasteiger partial charge >= 0.3 is 29.6 Å². The normalized spacial score (nSPS) is 16.8. The van der Waals surface area contributed by atoms with Crippen molar-refractivity contribution in [2.75, 3.05) is 6.61 Å². The van der Waals surface area contributed by atoms with E-state index in [2.05, 4.69) is 63.2 Å². The van der Waals surface area contributed by atoms with Gasteiger partial charge in [-0.3, -0.25) is 0 Å². The third-order valence-electron chi connectivity index (χ3n) is 8.63. The van der Waals surface area contributed by atoms with Crippen LogP contribution in [0.5, 0.6) is 11.5 Å². The van der Waals surface area contributed by atoms with Crippen molar-refractivity contribution in [2.45, 2.75) is 84.8 Å². The minimum Gasteiger partial charge on any atom is -0.550 e. The molecule has 2 aliphatic rings. The summed E-state index contributed by atoms with van der Waals surface area (Å²) in [6.45, 7) is 10.9. The van der Waals surface area contributed by atoms with Crippen LogP contribution in [0.15, 0.2) is 48.5 Å². The Morgan fingerprint density at radius 3 is 2.35 bits per heavy atom. The molecule has 1 fully saturated rings. The van der Waals surface area contributed by atoms with Crippen molar-refractivity contribution in [3.8, 4) is 22.6 Å². The second-order valence-electron chi connectivity index (χ2n) is 12.2. The third-order valence-corrected chi connectivity index (χ3v) is 8.63. The second kappa shape index (κ2) is 11.9. The molecular formula is C34H39NaO5. The summed E-state index contributed by atoms with van der Waals surface area (Å²) >= 11 is 0. The Kier molecular flexibility index (Phi) is 9.11. The van der Waals surface area contributed by atoms with E-state index >= 15 is 0 Å². The number of aliphatic hydroxyl groups is 1. The first kappa shape index (κ1) is 30.6. The number of fused-ring (bicyclic) bond motifs is 1. The van der Waals surface area contributed by atoms with Gasteiger partial charge in [-0.1, -0.05) is 24.3 Å². The summed E-state index contributed by atoms with van der Waals surface area (Å²) in [5, 5.41) is 21.3. The Hall–Kier alpha value is -2.31. The summed E-state index contributed by atoms with van der Waals surface area (Å²) in [5.74, 6) is 0.744. The minimum absolute atomic E-state index is 0. The molecule has 0 aromatic heterocycles. The fraction of sp³-hybridized carbons (Fsp3) is 0.441. The molecule has 1 unspecified atom stereocenters. The molecule has 0 aliphatic heterocycles. The molecule has 5 nitrogen and oxygen atoms in total. The van der Waals surface area contributed by atoms with Gasteiger partial charge in [-0.05, 0) is 140 Å². The summed E-state index contributed by atoms with van der Waals surface area (Å²) in [5.41, 5.74) is 8.75. The average molecular weight is 551 g/mol. The Balaban J connectivity index is 0.00000370. The molecule has 1 atom stereocenters. The Morgan fingerprint density at radius 1 is 1.02 bits per heavy atom. The minimum atomic E-state index is -0.965. The van der Waals surface area contributed by atoms with Crippen molar-refractivity contribution in [2.24, 2.45) is 5.41 Å². The van der Waals surface area contributed by atoms with E-state index in [4.69, 9.17) is 9.47 Å². The molecule has 6 heteroatoms. The average Bonchev–Trinajstić information content (AvgIpc) is 3.55. The number of carboxylic acids is 1. The largest absolute Gasteiger partial charge is 1.00 e. The molecule has 1 N–H and O–H groups in total. The number of ether oxygens (including phenoxy) is 2. The van der Waals surface area contributed by atoms with Crippen LogP contribution in [0.3, 0.4) is 0 Å².